The van der Waals surface area contributed by atoms with Crippen LogP contribution in [-0.4, -0.2) is 36.1 Å². The van der Waals surface area contributed by atoms with Gasteiger partial charge in [-0.3, -0.25) is 4.90 Å². The molecule has 1 fully saturated rings. The molecule has 1 N–H and O–H groups in total. The molecule has 0 radical (unpaired) electrons. The number of nitriles is 1. The topological polar surface area (TPSA) is 39.1 Å². The lowest BCUT2D eigenvalue weighted by atomic mass is 9.97. The molecule has 0 spiro atoms. The number of hydrogen-bond donors (Lipinski definition) is 1. The first-order chi connectivity index (χ1) is 8.19. The molecule has 0 saturated carbocycles. The molecule has 1 unspecified atom stereocenters. The molecule has 0 amide bonds. The van der Waals surface area contributed by atoms with Crippen LogP contribution >= 0.6 is 0 Å². The minimum Gasteiger partial charge on any atom is -0.302 e. The molecule has 1 rings (SSSR count). The SMILES string of the molecule is CCCNC(C#N)CCN1[C@H](C)CCC[C@@H]1C. The smallest absolute Gasteiger partial charge is 0.0965 e. The van der Waals surface area contributed by atoms with Gasteiger partial charge in [-0.05, 0) is 46.1 Å². The van der Waals surface area contributed by atoms with Gasteiger partial charge in [0.15, 0.2) is 0 Å². The van der Waals surface area contributed by atoms with Crippen molar-refractivity contribution in [1.29, 1.82) is 5.26 Å². The maximum absolute atomic E-state index is 9.08. The van der Waals surface area contributed by atoms with Crippen molar-refractivity contribution in [2.24, 2.45) is 0 Å². The Hall–Kier alpha value is -0.590. The first-order valence-corrected chi connectivity index (χ1v) is 7.07. The predicted octanol–water partition coefficient (Wildman–Crippen LogP) is 2.53. The Morgan fingerprint density at radius 1 is 1.35 bits per heavy atom. The number of nitrogens with one attached hydrogen (secondary N) is 1. The van der Waals surface area contributed by atoms with E-state index >= 15 is 0 Å². The minimum absolute atomic E-state index is 0.0243. The summed E-state index contributed by atoms with van der Waals surface area (Å²) in [7, 11) is 0. The fraction of sp³-hybridized carbons (Fsp3) is 0.929. The van der Waals surface area contributed by atoms with E-state index in [2.05, 4.69) is 37.1 Å². The van der Waals surface area contributed by atoms with Crippen LogP contribution in [0.1, 0.15) is 52.9 Å². The Morgan fingerprint density at radius 2 is 2.00 bits per heavy atom. The maximum atomic E-state index is 9.08. The van der Waals surface area contributed by atoms with Crippen molar-refractivity contribution in [3.8, 4) is 6.07 Å². The average Bonchev–Trinajstić information content (AvgIpc) is 2.32. The highest BCUT2D eigenvalue weighted by Crippen LogP contribution is 2.22. The molecule has 3 atom stereocenters. The van der Waals surface area contributed by atoms with Crippen LogP contribution in [-0.2, 0) is 0 Å². The van der Waals surface area contributed by atoms with E-state index in [1.807, 2.05) is 0 Å². The quantitative estimate of drug-likeness (QED) is 0.771. The van der Waals surface area contributed by atoms with Gasteiger partial charge >= 0.3 is 0 Å². The van der Waals surface area contributed by atoms with Gasteiger partial charge in [-0.25, -0.2) is 0 Å². The van der Waals surface area contributed by atoms with Gasteiger partial charge in [0.1, 0.15) is 0 Å². The van der Waals surface area contributed by atoms with Crippen LogP contribution in [0, 0.1) is 11.3 Å². The molecule has 3 heteroatoms. The lowest BCUT2D eigenvalue weighted by Crippen LogP contribution is -2.45. The summed E-state index contributed by atoms with van der Waals surface area (Å²) < 4.78 is 0. The molecule has 1 aliphatic heterocycles. The van der Waals surface area contributed by atoms with Crippen LogP contribution in [0.15, 0.2) is 0 Å². The van der Waals surface area contributed by atoms with Crippen LogP contribution in [0.2, 0.25) is 0 Å². The number of hydrogen-bond acceptors (Lipinski definition) is 3. The second-order valence-electron chi connectivity index (χ2n) is 5.29. The van der Waals surface area contributed by atoms with E-state index in [-0.39, 0.29) is 6.04 Å². The third-order valence-corrected chi connectivity index (χ3v) is 3.85. The molecule has 3 nitrogen and oxygen atoms in total. The van der Waals surface area contributed by atoms with Gasteiger partial charge in [0.2, 0.25) is 0 Å². The minimum atomic E-state index is 0.0243. The second-order valence-corrected chi connectivity index (χ2v) is 5.29. The van der Waals surface area contributed by atoms with Crippen molar-refractivity contribution in [1.82, 2.24) is 10.2 Å². The molecule has 0 aromatic carbocycles. The zero-order chi connectivity index (χ0) is 12.7. The summed E-state index contributed by atoms with van der Waals surface area (Å²) in [6, 6.07) is 3.76. The highest BCUT2D eigenvalue weighted by molar-refractivity contribution is 4.91. The second kappa shape index (κ2) is 7.68. The number of rotatable bonds is 6. The summed E-state index contributed by atoms with van der Waals surface area (Å²) in [6.07, 6.45) is 6.02. The van der Waals surface area contributed by atoms with Gasteiger partial charge in [-0.15, -0.1) is 0 Å². The zero-order valence-electron chi connectivity index (χ0n) is 11.6. The monoisotopic (exact) mass is 237 g/mol. The summed E-state index contributed by atoms with van der Waals surface area (Å²) in [5.41, 5.74) is 0. The van der Waals surface area contributed by atoms with E-state index < -0.39 is 0 Å². The highest BCUT2D eigenvalue weighted by atomic mass is 15.2. The van der Waals surface area contributed by atoms with Crippen LogP contribution in [0.5, 0.6) is 0 Å². The standard InChI is InChI=1S/C14H27N3/c1-4-9-16-14(11-15)8-10-17-12(2)6-5-7-13(17)3/h12-14,16H,4-10H2,1-3H3/t12-,13+,14?. The number of nitrogens with zero attached hydrogens (tertiary/aromatic N) is 2. The molecule has 0 aromatic heterocycles. The summed E-state index contributed by atoms with van der Waals surface area (Å²) in [5.74, 6) is 0. The molecule has 1 aliphatic rings. The van der Waals surface area contributed by atoms with Crippen molar-refractivity contribution >= 4 is 0 Å². The first kappa shape index (κ1) is 14.5. The summed E-state index contributed by atoms with van der Waals surface area (Å²) in [6.45, 7) is 8.77. The van der Waals surface area contributed by atoms with Crippen molar-refractivity contribution in [3.63, 3.8) is 0 Å². The highest BCUT2D eigenvalue weighted by Gasteiger charge is 2.24. The van der Waals surface area contributed by atoms with Gasteiger partial charge in [0, 0.05) is 18.6 Å². The Morgan fingerprint density at radius 3 is 2.53 bits per heavy atom. The Balaban J connectivity index is 2.34. The molecule has 1 saturated heterocycles. The van der Waals surface area contributed by atoms with Crippen molar-refractivity contribution in [2.45, 2.75) is 71.0 Å². The van der Waals surface area contributed by atoms with Crippen molar-refractivity contribution in [2.75, 3.05) is 13.1 Å². The maximum Gasteiger partial charge on any atom is 0.0965 e. The normalized spacial score (nSPS) is 27.6. The van der Waals surface area contributed by atoms with E-state index in [4.69, 9.17) is 5.26 Å². The molecular weight excluding hydrogens is 210 g/mol. The van der Waals surface area contributed by atoms with Crippen LogP contribution < -0.4 is 5.32 Å². The van der Waals surface area contributed by atoms with Crippen LogP contribution in [0.4, 0.5) is 0 Å². The molecule has 98 valence electrons. The Labute approximate surface area is 106 Å². The van der Waals surface area contributed by atoms with E-state index in [9.17, 15) is 0 Å². The molecule has 0 aromatic rings. The Bertz CT molecular complexity index is 236. The third kappa shape index (κ3) is 4.65. The van der Waals surface area contributed by atoms with E-state index in [1.165, 1.54) is 19.3 Å². The Kier molecular flexibility index (Phi) is 6.54. The van der Waals surface area contributed by atoms with Gasteiger partial charge in [-0.2, -0.15) is 5.26 Å². The van der Waals surface area contributed by atoms with Gasteiger partial charge in [0.25, 0.3) is 0 Å². The van der Waals surface area contributed by atoms with E-state index in [0.29, 0.717) is 12.1 Å². The zero-order valence-corrected chi connectivity index (χ0v) is 11.6. The molecular formula is C14H27N3. The third-order valence-electron chi connectivity index (χ3n) is 3.85. The predicted molar refractivity (Wildman–Crippen MR) is 71.8 cm³/mol. The van der Waals surface area contributed by atoms with Gasteiger partial charge in [-0.1, -0.05) is 13.3 Å². The molecule has 17 heavy (non-hydrogen) atoms. The fourth-order valence-corrected chi connectivity index (χ4v) is 2.72. The lowest BCUT2D eigenvalue weighted by Gasteiger charge is -2.39. The van der Waals surface area contributed by atoms with Crippen molar-refractivity contribution < 1.29 is 0 Å². The first-order valence-electron chi connectivity index (χ1n) is 7.07. The number of piperidine rings is 1. The van der Waals surface area contributed by atoms with Crippen molar-refractivity contribution in [3.05, 3.63) is 0 Å². The van der Waals surface area contributed by atoms with Gasteiger partial charge in [0.05, 0.1) is 12.1 Å². The lowest BCUT2D eigenvalue weighted by molar-refractivity contribution is 0.100. The van der Waals surface area contributed by atoms with Crippen LogP contribution in [0.3, 0.4) is 0 Å². The largest absolute Gasteiger partial charge is 0.302 e. The average molecular weight is 237 g/mol. The summed E-state index contributed by atoms with van der Waals surface area (Å²) in [4.78, 5) is 2.57. The van der Waals surface area contributed by atoms with E-state index in [1.54, 1.807) is 0 Å². The van der Waals surface area contributed by atoms with E-state index in [0.717, 1.165) is 25.9 Å². The van der Waals surface area contributed by atoms with Crippen LogP contribution in [0.25, 0.3) is 0 Å². The number of likely N-dealkylation sites (tertiary alicyclic amines) is 1. The molecule has 0 aliphatic carbocycles. The molecule has 1 heterocycles. The molecule has 0 bridgehead atoms. The fourth-order valence-electron chi connectivity index (χ4n) is 2.72. The summed E-state index contributed by atoms with van der Waals surface area (Å²) >= 11 is 0. The van der Waals surface area contributed by atoms with Gasteiger partial charge < -0.3 is 5.32 Å². The summed E-state index contributed by atoms with van der Waals surface area (Å²) in [5, 5.41) is 12.4.